The Labute approximate surface area is 156 Å². The van der Waals surface area contributed by atoms with Crippen molar-refractivity contribution in [1.82, 2.24) is 4.98 Å². The first-order valence-corrected chi connectivity index (χ1v) is 9.22. The molecule has 2 aromatic rings. The van der Waals surface area contributed by atoms with Gasteiger partial charge in [0.2, 0.25) is 5.91 Å². The summed E-state index contributed by atoms with van der Waals surface area (Å²) in [6.45, 7) is 4.33. The smallest absolute Gasteiger partial charge is 0.261 e. The number of aromatic nitrogens is 1. The van der Waals surface area contributed by atoms with E-state index in [1.54, 1.807) is 30.3 Å². The van der Waals surface area contributed by atoms with E-state index in [9.17, 15) is 9.59 Å². The molecule has 6 nitrogen and oxygen atoms in total. The quantitative estimate of drug-likeness (QED) is 0.870. The van der Waals surface area contributed by atoms with Gasteiger partial charge in [-0.15, -0.1) is 0 Å². The standard InChI is InChI=1S/C19H21N3O3S/c1-12(2)22-15-7-6-13(21-17(23)8-10-25-3)11-16(15)26-18-14(19(22)24)5-4-9-20-18/h4-7,9,11-12H,8,10H2,1-3H3,(H,21,23). The number of amides is 2. The number of anilines is 2. The molecule has 3 rings (SSSR count). The topological polar surface area (TPSA) is 71.5 Å². The molecule has 0 saturated heterocycles. The van der Waals surface area contributed by atoms with Crippen LogP contribution in [0.2, 0.25) is 0 Å². The fourth-order valence-corrected chi connectivity index (χ4v) is 3.83. The van der Waals surface area contributed by atoms with Crippen molar-refractivity contribution in [1.29, 1.82) is 0 Å². The molecular formula is C19H21N3O3S. The van der Waals surface area contributed by atoms with Crippen LogP contribution in [0.3, 0.4) is 0 Å². The first-order valence-electron chi connectivity index (χ1n) is 8.40. The number of carbonyl (C=O) groups is 2. The minimum absolute atomic E-state index is 0.00449. The van der Waals surface area contributed by atoms with Gasteiger partial charge < -0.3 is 15.0 Å². The van der Waals surface area contributed by atoms with Gasteiger partial charge in [-0.2, -0.15) is 0 Å². The molecule has 7 heteroatoms. The van der Waals surface area contributed by atoms with E-state index in [1.807, 2.05) is 32.0 Å². The normalized spacial score (nSPS) is 13.2. The second-order valence-electron chi connectivity index (χ2n) is 6.20. The monoisotopic (exact) mass is 371 g/mol. The first-order chi connectivity index (χ1) is 12.5. The Morgan fingerprint density at radius 3 is 2.88 bits per heavy atom. The predicted octanol–water partition coefficient (Wildman–Crippen LogP) is 3.58. The molecule has 0 aliphatic carbocycles. The number of carbonyl (C=O) groups excluding carboxylic acids is 2. The minimum Gasteiger partial charge on any atom is -0.384 e. The van der Waals surface area contributed by atoms with Crippen LogP contribution in [0.25, 0.3) is 0 Å². The molecule has 2 heterocycles. The number of pyridine rings is 1. The molecule has 0 fully saturated rings. The van der Waals surface area contributed by atoms with Gasteiger partial charge in [-0.05, 0) is 44.2 Å². The van der Waals surface area contributed by atoms with Crippen molar-refractivity contribution in [3.8, 4) is 0 Å². The van der Waals surface area contributed by atoms with Crippen LogP contribution in [0.15, 0.2) is 46.5 Å². The van der Waals surface area contributed by atoms with Gasteiger partial charge in [-0.3, -0.25) is 9.59 Å². The fourth-order valence-electron chi connectivity index (χ4n) is 2.78. The first kappa shape index (κ1) is 18.4. The van der Waals surface area contributed by atoms with Crippen LogP contribution in [-0.4, -0.2) is 36.6 Å². The number of benzene rings is 1. The zero-order chi connectivity index (χ0) is 18.7. The highest BCUT2D eigenvalue weighted by Gasteiger charge is 2.29. The van der Waals surface area contributed by atoms with E-state index in [4.69, 9.17) is 4.74 Å². The van der Waals surface area contributed by atoms with E-state index in [0.717, 1.165) is 10.6 Å². The molecule has 0 atom stereocenters. The number of hydrogen-bond acceptors (Lipinski definition) is 5. The number of rotatable bonds is 5. The van der Waals surface area contributed by atoms with E-state index in [2.05, 4.69) is 10.3 Å². The summed E-state index contributed by atoms with van der Waals surface area (Å²) >= 11 is 1.44. The Morgan fingerprint density at radius 1 is 1.35 bits per heavy atom. The minimum atomic E-state index is -0.110. The zero-order valence-electron chi connectivity index (χ0n) is 15.0. The maximum Gasteiger partial charge on any atom is 0.261 e. The Balaban J connectivity index is 1.98. The van der Waals surface area contributed by atoms with E-state index in [0.29, 0.717) is 29.3 Å². The summed E-state index contributed by atoms with van der Waals surface area (Å²) in [5, 5.41) is 3.54. The summed E-state index contributed by atoms with van der Waals surface area (Å²) in [5.74, 6) is -0.174. The third-order valence-corrected chi connectivity index (χ3v) is 5.05. The van der Waals surface area contributed by atoms with Crippen molar-refractivity contribution in [3.63, 3.8) is 0 Å². The molecule has 1 aromatic carbocycles. The molecular weight excluding hydrogens is 350 g/mol. The number of methoxy groups -OCH3 is 1. The average Bonchev–Trinajstić information content (AvgIpc) is 2.73. The van der Waals surface area contributed by atoms with Crippen LogP contribution in [0.5, 0.6) is 0 Å². The average molecular weight is 371 g/mol. The van der Waals surface area contributed by atoms with Crippen LogP contribution in [0.1, 0.15) is 30.6 Å². The SMILES string of the molecule is COCCC(=O)Nc1ccc2c(c1)Sc1ncccc1C(=O)N2C(C)C. The van der Waals surface area contributed by atoms with Gasteiger partial charge in [0.25, 0.3) is 5.91 Å². The molecule has 0 radical (unpaired) electrons. The van der Waals surface area contributed by atoms with Crippen molar-refractivity contribution in [2.75, 3.05) is 23.9 Å². The number of hydrogen-bond donors (Lipinski definition) is 1. The van der Waals surface area contributed by atoms with Crippen molar-refractivity contribution in [2.45, 2.75) is 36.2 Å². The molecule has 0 unspecified atom stereocenters. The Kier molecular flexibility index (Phi) is 5.58. The second kappa shape index (κ2) is 7.88. The number of nitrogens with one attached hydrogen (secondary N) is 1. The lowest BCUT2D eigenvalue weighted by molar-refractivity contribution is -0.117. The summed E-state index contributed by atoms with van der Waals surface area (Å²) in [6.07, 6.45) is 1.97. The van der Waals surface area contributed by atoms with Gasteiger partial charge in [0.1, 0.15) is 5.03 Å². The molecule has 1 aliphatic heterocycles. The molecule has 136 valence electrons. The van der Waals surface area contributed by atoms with Crippen LogP contribution < -0.4 is 10.2 Å². The molecule has 1 N–H and O–H groups in total. The van der Waals surface area contributed by atoms with Crippen LogP contribution in [0.4, 0.5) is 11.4 Å². The summed E-state index contributed by atoms with van der Waals surface area (Å²) in [6, 6.07) is 9.14. The van der Waals surface area contributed by atoms with Gasteiger partial charge in [0.05, 0.1) is 24.3 Å². The Morgan fingerprint density at radius 2 is 2.15 bits per heavy atom. The number of fused-ring (bicyclic) bond motifs is 2. The summed E-state index contributed by atoms with van der Waals surface area (Å²) < 4.78 is 4.93. The summed E-state index contributed by atoms with van der Waals surface area (Å²) in [4.78, 5) is 32.0. The Bertz CT molecular complexity index is 839. The largest absolute Gasteiger partial charge is 0.384 e. The predicted molar refractivity (Wildman–Crippen MR) is 102 cm³/mol. The Hall–Kier alpha value is -2.38. The molecule has 0 spiro atoms. The second-order valence-corrected chi connectivity index (χ2v) is 7.23. The van der Waals surface area contributed by atoms with E-state index in [-0.39, 0.29) is 17.9 Å². The van der Waals surface area contributed by atoms with Gasteiger partial charge in [0, 0.05) is 29.9 Å². The third kappa shape index (κ3) is 3.73. The molecule has 0 bridgehead atoms. The highest BCUT2D eigenvalue weighted by molar-refractivity contribution is 7.99. The van der Waals surface area contributed by atoms with Crippen molar-refractivity contribution >= 4 is 35.0 Å². The summed E-state index contributed by atoms with van der Waals surface area (Å²) in [7, 11) is 1.56. The van der Waals surface area contributed by atoms with Crippen molar-refractivity contribution < 1.29 is 14.3 Å². The lowest BCUT2D eigenvalue weighted by Crippen LogP contribution is -2.37. The van der Waals surface area contributed by atoms with E-state index in [1.165, 1.54) is 11.8 Å². The summed E-state index contributed by atoms with van der Waals surface area (Å²) in [5.41, 5.74) is 2.10. The number of ether oxygens (including phenoxy) is 1. The zero-order valence-corrected chi connectivity index (χ0v) is 15.8. The lowest BCUT2D eigenvalue weighted by Gasteiger charge is -2.27. The molecule has 2 amide bonds. The van der Waals surface area contributed by atoms with Gasteiger partial charge in [0.15, 0.2) is 0 Å². The molecule has 26 heavy (non-hydrogen) atoms. The van der Waals surface area contributed by atoms with Gasteiger partial charge in [-0.1, -0.05) is 11.8 Å². The van der Waals surface area contributed by atoms with E-state index < -0.39 is 0 Å². The highest BCUT2D eigenvalue weighted by Crippen LogP contribution is 2.42. The third-order valence-electron chi connectivity index (χ3n) is 3.98. The van der Waals surface area contributed by atoms with Gasteiger partial charge in [-0.25, -0.2) is 4.98 Å². The van der Waals surface area contributed by atoms with Crippen LogP contribution >= 0.6 is 11.8 Å². The van der Waals surface area contributed by atoms with Crippen molar-refractivity contribution in [3.05, 3.63) is 42.1 Å². The molecule has 1 aliphatic rings. The van der Waals surface area contributed by atoms with Gasteiger partial charge >= 0.3 is 0 Å². The van der Waals surface area contributed by atoms with E-state index >= 15 is 0 Å². The number of nitrogens with zero attached hydrogens (tertiary/aromatic N) is 2. The maximum absolute atomic E-state index is 13.0. The molecule has 0 saturated carbocycles. The molecule has 1 aromatic heterocycles. The lowest BCUT2D eigenvalue weighted by atomic mass is 10.1. The van der Waals surface area contributed by atoms with Crippen LogP contribution in [-0.2, 0) is 9.53 Å². The van der Waals surface area contributed by atoms with Crippen molar-refractivity contribution in [2.24, 2.45) is 0 Å². The van der Waals surface area contributed by atoms with Crippen LogP contribution in [0, 0.1) is 0 Å². The fraction of sp³-hybridized carbons (Fsp3) is 0.316. The highest BCUT2D eigenvalue weighted by atomic mass is 32.2. The maximum atomic E-state index is 13.0.